The molecule has 1 rings (SSSR count). The maximum atomic E-state index is 12.0. The SMILES string of the molecule is CCNC(=O)CN(C)CC(=O)c1ccc(SC)cc1. The van der Waals surface area contributed by atoms with Gasteiger partial charge < -0.3 is 5.32 Å². The minimum absolute atomic E-state index is 0.0273. The van der Waals surface area contributed by atoms with Crippen molar-refractivity contribution in [1.29, 1.82) is 0 Å². The van der Waals surface area contributed by atoms with E-state index in [9.17, 15) is 9.59 Å². The molecular weight excluding hydrogens is 260 g/mol. The molecule has 1 N–H and O–H groups in total. The quantitative estimate of drug-likeness (QED) is 0.609. The number of amides is 1. The summed E-state index contributed by atoms with van der Waals surface area (Å²) in [6, 6.07) is 7.52. The number of hydrogen-bond acceptors (Lipinski definition) is 4. The van der Waals surface area contributed by atoms with Gasteiger partial charge in [0.15, 0.2) is 5.78 Å². The van der Waals surface area contributed by atoms with Crippen LogP contribution < -0.4 is 5.32 Å². The van der Waals surface area contributed by atoms with E-state index in [0.717, 1.165) is 4.90 Å². The smallest absolute Gasteiger partial charge is 0.234 e. The molecule has 0 atom stereocenters. The van der Waals surface area contributed by atoms with Gasteiger partial charge in [0.05, 0.1) is 13.1 Å². The van der Waals surface area contributed by atoms with E-state index in [1.54, 1.807) is 23.7 Å². The van der Waals surface area contributed by atoms with E-state index < -0.39 is 0 Å². The number of carbonyl (C=O) groups excluding carboxylic acids is 2. The van der Waals surface area contributed by atoms with Crippen LogP contribution in [0.15, 0.2) is 29.2 Å². The van der Waals surface area contributed by atoms with Crippen LogP contribution in [0, 0.1) is 0 Å². The highest BCUT2D eigenvalue weighted by Gasteiger charge is 2.11. The minimum Gasteiger partial charge on any atom is -0.355 e. The maximum absolute atomic E-state index is 12.0. The zero-order chi connectivity index (χ0) is 14.3. The van der Waals surface area contributed by atoms with Crippen molar-refractivity contribution in [3.8, 4) is 0 Å². The van der Waals surface area contributed by atoms with E-state index >= 15 is 0 Å². The lowest BCUT2D eigenvalue weighted by molar-refractivity contribution is -0.121. The predicted octanol–water partition coefficient (Wildman–Crippen LogP) is 1.66. The molecule has 19 heavy (non-hydrogen) atoms. The van der Waals surface area contributed by atoms with Gasteiger partial charge in [0.2, 0.25) is 5.91 Å². The minimum atomic E-state index is -0.0597. The molecule has 0 unspecified atom stereocenters. The van der Waals surface area contributed by atoms with Crippen LogP contribution in [0.5, 0.6) is 0 Å². The number of carbonyl (C=O) groups is 2. The first-order valence-corrected chi connectivity index (χ1v) is 7.41. The lowest BCUT2D eigenvalue weighted by atomic mass is 10.1. The first kappa shape index (κ1) is 15.7. The summed E-state index contributed by atoms with van der Waals surface area (Å²) >= 11 is 1.64. The van der Waals surface area contributed by atoms with E-state index in [0.29, 0.717) is 12.1 Å². The third kappa shape index (κ3) is 5.44. The van der Waals surface area contributed by atoms with Crippen molar-refractivity contribution in [2.75, 3.05) is 32.9 Å². The lowest BCUT2D eigenvalue weighted by Crippen LogP contribution is -2.37. The summed E-state index contributed by atoms with van der Waals surface area (Å²) in [4.78, 5) is 26.3. The van der Waals surface area contributed by atoms with Gasteiger partial charge >= 0.3 is 0 Å². The molecule has 0 aliphatic rings. The van der Waals surface area contributed by atoms with Gasteiger partial charge in [-0.25, -0.2) is 0 Å². The topological polar surface area (TPSA) is 49.4 Å². The summed E-state index contributed by atoms with van der Waals surface area (Å²) in [6.45, 7) is 2.96. The molecule has 0 aromatic heterocycles. The van der Waals surface area contributed by atoms with Gasteiger partial charge in [0.1, 0.15) is 0 Å². The van der Waals surface area contributed by atoms with Crippen LogP contribution in [0.4, 0.5) is 0 Å². The van der Waals surface area contributed by atoms with Crippen molar-refractivity contribution >= 4 is 23.5 Å². The highest BCUT2D eigenvalue weighted by Crippen LogP contribution is 2.15. The number of hydrogen-bond donors (Lipinski definition) is 1. The number of ketones is 1. The Bertz CT molecular complexity index is 432. The van der Waals surface area contributed by atoms with Crippen molar-refractivity contribution in [3.63, 3.8) is 0 Å². The first-order valence-electron chi connectivity index (χ1n) is 6.19. The van der Waals surface area contributed by atoms with Crippen LogP contribution in [0.25, 0.3) is 0 Å². The zero-order valence-electron chi connectivity index (χ0n) is 11.6. The van der Waals surface area contributed by atoms with E-state index in [-0.39, 0.29) is 24.8 Å². The van der Waals surface area contributed by atoms with Crippen LogP contribution in [0.1, 0.15) is 17.3 Å². The number of thioether (sulfide) groups is 1. The third-order valence-electron chi connectivity index (χ3n) is 2.61. The monoisotopic (exact) mass is 280 g/mol. The average molecular weight is 280 g/mol. The van der Waals surface area contributed by atoms with E-state index in [4.69, 9.17) is 0 Å². The molecule has 0 aliphatic carbocycles. The first-order chi connectivity index (χ1) is 9.06. The van der Waals surface area contributed by atoms with Gasteiger partial charge in [0, 0.05) is 17.0 Å². The Labute approximate surface area is 118 Å². The van der Waals surface area contributed by atoms with Gasteiger partial charge in [-0.2, -0.15) is 0 Å². The highest BCUT2D eigenvalue weighted by atomic mass is 32.2. The summed E-state index contributed by atoms with van der Waals surface area (Å²) in [6.07, 6.45) is 2.00. The van der Waals surface area contributed by atoms with Gasteiger partial charge in [-0.05, 0) is 32.4 Å². The number of Topliss-reactive ketones (excluding diaryl/α,β-unsaturated/α-hetero) is 1. The Kier molecular flexibility index (Phi) is 6.59. The molecule has 0 heterocycles. The van der Waals surface area contributed by atoms with E-state index in [1.807, 2.05) is 37.4 Å². The predicted molar refractivity (Wildman–Crippen MR) is 78.7 cm³/mol. The van der Waals surface area contributed by atoms with Gasteiger partial charge in [0.25, 0.3) is 0 Å². The van der Waals surface area contributed by atoms with Crippen LogP contribution >= 0.6 is 11.8 Å². The standard InChI is InChI=1S/C14H20N2O2S/c1-4-15-14(18)10-16(2)9-13(17)11-5-7-12(19-3)8-6-11/h5-8H,4,9-10H2,1-3H3,(H,15,18). The number of likely N-dealkylation sites (N-methyl/N-ethyl adjacent to an activating group) is 2. The van der Waals surface area contributed by atoms with Crippen LogP contribution in [-0.2, 0) is 4.79 Å². The molecule has 1 amide bonds. The molecule has 0 bridgehead atoms. The molecule has 1 aromatic rings. The fraction of sp³-hybridized carbons (Fsp3) is 0.429. The molecule has 0 saturated heterocycles. The van der Waals surface area contributed by atoms with Gasteiger partial charge in [-0.15, -0.1) is 11.8 Å². The van der Waals surface area contributed by atoms with Crippen molar-refractivity contribution < 1.29 is 9.59 Å². The highest BCUT2D eigenvalue weighted by molar-refractivity contribution is 7.98. The summed E-state index contributed by atoms with van der Waals surface area (Å²) in [5.41, 5.74) is 0.681. The van der Waals surface area contributed by atoms with Crippen molar-refractivity contribution in [3.05, 3.63) is 29.8 Å². The molecule has 0 saturated carbocycles. The van der Waals surface area contributed by atoms with Crippen molar-refractivity contribution in [1.82, 2.24) is 10.2 Å². The maximum Gasteiger partial charge on any atom is 0.234 e. The molecule has 0 radical (unpaired) electrons. The Morgan fingerprint density at radius 2 is 1.84 bits per heavy atom. The third-order valence-corrected chi connectivity index (χ3v) is 3.36. The molecule has 5 heteroatoms. The molecule has 0 fully saturated rings. The molecular formula is C14H20N2O2S. The molecule has 1 aromatic carbocycles. The number of rotatable bonds is 7. The largest absolute Gasteiger partial charge is 0.355 e. The molecule has 0 aliphatic heterocycles. The summed E-state index contributed by atoms with van der Waals surface area (Å²) in [7, 11) is 1.77. The second-order valence-electron chi connectivity index (χ2n) is 4.28. The van der Waals surface area contributed by atoms with Crippen molar-refractivity contribution in [2.45, 2.75) is 11.8 Å². The fourth-order valence-electron chi connectivity index (χ4n) is 1.67. The fourth-order valence-corrected chi connectivity index (χ4v) is 2.08. The summed E-state index contributed by atoms with van der Waals surface area (Å²) < 4.78 is 0. The second kappa shape index (κ2) is 7.96. The Morgan fingerprint density at radius 3 is 2.37 bits per heavy atom. The normalized spacial score (nSPS) is 10.5. The lowest BCUT2D eigenvalue weighted by Gasteiger charge is -2.15. The number of benzene rings is 1. The number of nitrogens with one attached hydrogen (secondary N) is 1. The van der Waals surface area contributed by atoms with Crippen LogP contribution in [-0.4, -0.2) is 49.5 Å². The molecule has 4 nitrogen and oxygen atoms in total. The Morgan fingerprint density at radius 1 is 1.21 bits per heavy atom. The van der Waals surface area contributed by atoms with Gasteiger partial charge in [-0.1, -0.05) is 12.1 Å². The van der Waals surface area contributed by atoms with Gasteiger partial charge in [-0.3, -0.25) is 14.5 Å². The molecule has 104 valence electrons. The summed E-state index contributed by atoms with van der Waals surface area (Å²) in [5.74, 6) is -0.0324. The van der Waals surface area contributed by atoms with Crippen LogP contribution in [0.3, 0.4) is 0 Å². The van der Waals surface area contributed by atoms with E-state index in [2.05, 4.69) is 5.32 Å². The average Bonchev–Trinajstić information content (AvgIpc) is 2.38. The Hall–Kier alpha value is -1.33. The summed E-state index contributed by atoms with van der Waals surface area (Å²) in [5, 5.41) is 2.71. The second-order valence-corrected chi connectivity index (χ2v) is 5.16. The van der Waals surface area contributed by atoms with E-state index in [1.165, 1.54) is 0 Å². The molecule has 0 spiro atoms. The Balaban J connectivity index is 2.51. The van der Waals surface area contributed by atoms with Crippen molar-refractivity contribution in [2.24, 2.45) is 0 Å². The zero-order valence-corrected chi connectivity index (χ0v) is 12.4. The number of nitrogens with zero attached hydrogens (tertiary/aromatic N) is 1. The van der Waals surface area contributed by atoms with Crippen LogP contribution in [0.2, 0.25) is 0 Å².